The topological polar surface area (TPSA) is 63.1 Å². The fourth-order valence-electron chi connectivity index (χ4n) is 4.06. The summed E-state index contributed by atoms with van der Waals surface area (Å²) in [5.41, 5.74) is 3.26. The summed E-state index contributed by atoms with van der Waals surface area (Å²) in [5.74, 6) is 1.62. The van der Waals surface area contributed by atoms with Gasteiger partial charge in [0.2, 0.25) is 11.9 Å². The highest BCUT2D eigenvalue weighted by Crippen LogP contribution is 2.28. The third-order valence-electron chi connectivity index (χ3n) is 5.47. The number of aromatic nitrogens is 3. The van der Waals surface area contributed by atoms with Crippen LogP contribution in [0.25, 0.3) is 11.0 Å². The van der Waals surface area contributed by atoms with Crippen molar-refractivity contribution in [3.8, 4) is 0 Å². The number of hydrogen-bond acceptors (Lipinski definition) is 4. The third-order valence-corrected chi connectivity index (χ3v) is 5.47. The van der Waals surface area contributed by atoms with Gasteiger partial charge in [0.15, 0.2) is 0 Å². The molecule has 6 heteroatoms. The Balaban J connectivity index is 1.50. The average Bonchev–Trinajstić information content (AvgIpc) is 3.11. The van der Waals surface area contributed by atoms with Crippen LogP contribution in [0.4, 0.5) is 5.95 Å². The summed E-state index contributed by atoms with van der Waals surface area (Å²) in [6.07, 6.45) is 5.42. The summed E-state index contributed by atoms with van der Waals surface area (Å²) in [6, 6.07) is 12.2. The first-order valence-corrected chi connectivity index (χ1v) is 10.5. The van der Waals surface area contributed by atoms with Crippen LogP contribution in [0.5, 0.6) is 0 Å². The number of benzene rings is 1. The number of carbonyl (C=O) groups is 1. The van der Waals surface area contributed by atoms with Gasteiger partial charge in [-0.2, -0.15) is 0 Å². The van der Waals surface area contributed by atoms with Crippen molar-refractivity contribution in [2.75, 3.05) is 18.0 Å². The minimum atomic E-state index is -0.0158. The second-order valence-corrected chi connectivity index (χ2v) is 8.26. The molecule has 1 fully saturated rings. The van der Waals surface area contributed by atoms with Crippen LogP contribution >= 0.6 is 0 Å². The molecule has 0 bridgehead atoms. The van der Waals surface area contributed by atoms with E-state index < -0.39 is 0 Å². The van der Waals surface area contributed by atoms with Crippen LogP contribution < -0.4 is 10.2 Å². The second-order valence-electron chi connectivity index (χ2n) is 8.26. The van der Waals surface area contributed by atoms with Gasteiger partial charge in [0.25, 0.3) is 0 Å². The van der Waals surface area contributed by atoms with Gasteiger partial charge in [0, 0.05) is 38.6 Å². The lowest BCUT2D eigenvalue weighted by Crippen LogP contribution is -2.44. The van der Waals surface area contributed by atoms with E-state index in [1.165, 1.54) is 5.52 Å². The van der Waals surface area contributed by atoms with Gasteiger partial charge < -0.3 is 14.8 Å². The molecule has 4 rings (SSSR count). The molecular formula is C23H29N5O. The summed E-state index contributed by atoms with van der Waals surface area (Å²) in [7, 11) is 0. The standard InChI is InChI=1S/C23H29N5O/c1-17(2)15-28-21-8-4-3-7-20(21)26-23(28)27-13-5-6-19(16-27)22(29)25-14-18-9-11-24-12-10-18/h3-4,7-12,17,19H,5-6,13-16H2,1-2H3,(H,25,29). The molecule has 0 saturated carbocycles. The predicted octanol–water partition coefficient (Wildman–Crippen LogP) is 3.62. The highest BCUT2D eigenvalue weighted by Gasteiger charge is 2.28. The Kier molecular flexibility index (Phi) is 5.79. The van der Waals surface area contributed by atoms with E-state index in [0.29, 0.717) is 19.0 Å². The Morgan fingerprint density at radius 2 is 2.00 bits per heavy atom. The number of piperidine rings is 1. The smallest absolute Gasteiger partial charge is 0.225 e. The molecule has 1 amide bonds. The van der Waals surface area contributed by atoms with Crippen molar-refractivity contribution in [2.45, 2.75) is 39.8 Å². The Bertz CT molecular complexity index is 966. The van der Waals surface area contributed by atoms with E-state index in [4.69, 9.17) is 4.98 Å². The van der Waals surface area contributed by atoms with E-state index in [2.05, 4.69) is 51.8 Å². The molecule has 0 spiro atoms. The zero-order valence-corrected chi connectivity index (χ0v) is 17.2. The highest BCUT2D eigenvalue weighted by molar-refractivity contribution is 5.81. The maximum Gasteiger partial charge on any atom is 0.225 e. The van der Waals surface area contributed by atoms with Crippen molar-refractivity contribution in [1.82, 2.24) is 19.9 Å². The molecule has 3 heterocycles. The normalized spacial score (nSPS) is 17.1. The Morgan fingerprint density at radius 3 is 2.79 bits per heavy atom. The Hall–Kier alpha value is -2.89. The number of rotatable bonds is 6. The third kappa shape index (κ3) is 4.42. The van der Waals surface area contributed by atoms with E-state index in [9.17, 15) is 4.79 Å². The number of pyridine rings is 1. The minimum absolute atomic E-state index is 0.0158. The van der Waals surface area contributed by atoms with Gasteiger partial charge in [-0.05, 0) is 48.6 Å². The molecule has 1 aromatic carbocycles. The number of imidazole rings is 1. The van der Waals surface area contributed by atoms with Crippen molar-refractivity contribution in [1.29, 1.82) is 0 Å². The molecular weight excluding hydrogens is 362 g/mol. The average molecular weight is 392 g/mol. The number of para-hydroxylation sites is 2. The molecule has 3 aromatic rings. The van der Waals surface area contributed by atoms with Crippen LogP contribution in [0.2, 0.25) is 0 Å². The summed E-state index contributed by atoms with van der Waals surface area (Å²) in [6.45, 7) is 7.57. The maximum absolute atomic E-state index is 12.8. The SMILES string of the molecule is CC(C)Cn1c(N2CCCC(C(=O)NCc3ccncc3)C2)nc2ccccc21. The molecule has 1 aliphatic rings. The summed E-state index contributed by atoms with van der Waals surface area (Å²) in [5, 5.41) is 3.09. The van der Waals surface area contributed by atoms with Crippen molar-refractivity contribution in [2.24, 2.45) is 11.8 Å². The molecule has 1 N–H and O–H groups in total. The summed E-state index contributed by atoms with van der Waals surface area (Å²) in [4.78, 5) is 24.0. The largest absolute Gasteiger partial charge is 0.352 e. The second kappa shape index (κ2) is 8.64. The molecule has 152 valence electrons. The van der Waals surface area contributed by atoms with Gasteiger partial charge >= 0.3 is 0 Å². The number of nitrogens with one attached hydrogen (secondary N) is 1. The minimum Gasteiger partial charge on any atom is -0.352 e. The lowest BCUT2D eigenvalue weighted by molar-refractivity contribution is -0.125. The van der Waals surface area contributed by atoms with Crippen LogP contribution in [0.15, 0.2) is 48.8 Å². The van der Waals surface area contributed by atoms with E-state index in [0.717, 1.165) is 43.0 Å². The number of amides is 1. The molecule has 29 heavy (non-hydrogen) atoms. The van der Waals surface area contributed by atoms with Gasteiger partial charge in [-0.25, -0.2) is 4.98 Å². The molecule has 1 atom stereocenters. The maximum atomic E-state index is 12.8. The van der Waals surface area contributed by atoms with E-state index in [1.54, 1.807) is 12.4 Å². The van der Waals surface area contributed by atoms with Crippen LogP contribution in [0.1, 0.15) is 32.3 Å². The quantitative estimate of drug-likeness (QED) is 0.697. The predicted molar refractivity (Wildman–Crippen MR) is 116 cm³/mol. The number of anilines is 1. The molecule has 1 unspecified atom stereocenters. The highest BCUT2D eigenvalue weighted by atomic mass is 16.1. The van der Waals surface area contributed by atoms with Gasteiger partial charge in [-0.1, -0.05) is 26.0 Å². The molecule has 0 radical (unpaired) electrons. The van der Waals surface area contributed by atoms with Crippen molar-refractivity contribution in [3.63, 3.8) is 0 Å². The van der Waals surface area contributed by atoms with Crippen LogP contribution in [-0.2, 0) is 17.9 Å². The lowest BCUT2D eigenvalue weighted by Gasteiger charge is -2.33. The molecule has 6 nitrogen and oxygen atoms in total. The van der Waals surface area contributed by atoms with E-state index >= 15 is 0 Å². The first-order chi connectivity index (χ1) is 14.1. The fraction of sp³-hybridized carbons (Fsp3) is 0.435. The Morgan fingerprint density at radius 1 is 1.21 bits per heavy atom. The van der Waals surface area contributed by atoms with Crippen molar-refractivity contribution >= 4 is 22.9 Å². The number of fused-ring (bicyclic) bond motifs is 1. The summed E-state index contributed by atoms with van der Waals surface area (Å²) >= 11 is 0. The zero-order chi connectivity index (χ0) is 20.2. The van der Waals surface area contributed by atoms with Crippen LogP contribution in [0, 0.1) is 11.8 Å². The zero-order valence-electron chi connectivity index (χ0n) is 17.2. The van der Waals surface area contributed by atoms with Crippen LogP contribution in [0.3, 0.4) is 0 Å². The Labute approximate surface area is 172 Å². The van der Waals surface area contributed by atoms with E-state index in [-0.39, 0.29) is 11.8 Å². The van der Waals surface area contributed by atoms with Gasteiger partial charge in [-0.3, -0.25) is 9.78 Å². The number of nitrogens with zero attached hydrogens (tertiary/aromatic N) is 4. The van der Waals surface area contributed by atoms with E-state index in [1.807, 2.05) is 18.2 Å². The first-order valence-electron chi connectivity index (χ1n) is 10.5. The van der Waals surface area contributed by atoms with Gasteiger partial charge in [0.05, 0.1) is 17.0 Å². The summed E-state index contributed by atoms with van der Waals surface area (Å²) < 4.78 is 2.32. The first kappa shape index (κ1) is 19.4. The number of hydrogen-bond donors (Lipinski definition) is 1. The molecule has 1 saturated heterocycles. The number of carbonyl (C=O) groups excluding carboxylic acids is 1. The van der Waals surface area contributed by atoms with Crippen molar-refractivity contribution < 1.29 is 4.79 Å². The molecule has 2 aromatic heterocycles. The molecule has 0 aliphatic carbocycles. The van der Waals surface area contributed by atoms with Crippen molar-refractivity contribution in [3.05, 3.63) is 54.4 Å². The van der Waals surface area contributed by atoms with Gasteiger partial charge in [-0.15, -0.1) is 0 Å². The van der Waals surface area contributed by atoms with Gasteiger partial charge in [0.1, 0.15) is 0 Å². The molecule has 1 aliphatic heterocycles. The fourth-order valence-corrected chi connectivity index (χ4v) is 4.06. The van der Waals surface area contributed by atoms with Crippen LogP contribution in [-0.4, -0.2) is 33.5 Å². The monoisotopic (exact) mass is 391 g/mol. The lowest BCUT2D eigenvalue weighted by atomic mass is 9.97.